The molecule has 1 amide bonds. The van der Waals surface area contributed by atoms with Crippen molar-refractivity contribution >= 4 is 6.09 Å². The highest BCUT2D eigenvalue weighted by atomic mass is 16.6. The van der Waals surface area contributed by atoms with E-state index in [1.54, 1.807) is 11.1 Å². The van der Waals surface area contributed by atoms with Gasteiger partial charge in [0.15, 0.2) is 0 Å². The highest BCUT2D eigenvalue weighted by molar-refractivity contribution is 5.68. The molecule has 0 bridgehead atoms. The van der Waals surface area contributed by atoms with Crippen molar-refractivity contribution in [1.29, 1.82) is 0 Å². The number of rotatable bonds is 3. The van der Waals surface area contributed by atoms with Crippen LogP contribution in [0.15, 0.2) is 12.3 Å². The van der Waals surface area contributed by atoms with E-state index in [9.17, 15) is 4.79 Å². The minimum absolute atomic E-state index is 0.253. The van der Waals surface area contributed by atoms with Crippen molar-refractivity contribution in [3.05, 3.63) is 18.0 Å². The molecule has 2 rings (SSSR count). The van der Waals surface area contributed by atoms with Gasteiger partial charge in [-0.1, -0.05) is 0 Å². The molecule has 0 saturated carbocycles. The molecule has 1 aromatic rings. The van der Waals surface area contributed by atoms with Gasteiger partial charge in [0, 0.05) is 30.9 Å². The van der Waals surface area contributed by atoms with Crippen molar-refractivity contribution < 1.29 is 14.3 Å². The molecular weight excluding hydrogens is 270 g/mol. The van der Waals surface area contributed by atoms with E-state index in [1.807, 2.05) is 33.8 Å². The Balaban J connectivity index is 1.79. The van der Waals surface area contributed by atoms with Crippen molar-refractivity contribution in [2.24, 2.45) is 5.92 Å². The van der Waals surface area contributed by atoms with Crippen LogP contribution in [-0.2, 0) is 4.74 Å². The molecule has 0 spiro atoms. The molecule has 21 heavy (non-hydrogen) atoms. The first-order valence-electron chi connectivity index (χ1n) is 7.24. The standard InChI is InChI=1S/C15H23N3O3/c1-11-5-7-16-13(17-11)20-10-12-6-8-18(9-12)14(19)21-15(2,3)4/h5,7,12H,6,8-10H2,1-4H3. The molecule has 1 saturated heterocycles. The molecule has 2 heterocycles. The minimum Gasteiger partial charge on any atom is -0.463 e. The van der Waals surface area contributed by atoms with Gasteiger partial charge in [0.2, 0.25) is 0 Å². The number of hydrogen-bond acceptors (Lipinski definition) is 5. The maximum absolute atomic E-state index is 12.0. The second kappa shape index (κ2) is 6.28. The zero-order valence-corrected chi connectivity index (χ0v) is 13.1. The summed E-state index contributed by atoms with van der Waals surface area (Å²) in [7, 11) is 0. The molecule has 6 nitrogen and oxygen atoms in total. The van der Waals surface area contributed by atoms with Crippen LogP contribution in [0.25, 0.3) is 0 Å². The summed E-state index contributed by atoms with van der Waals surface area (Å²) in [6.45, 7) is 9.39. The summed E-state index contributed by atoms with van der Waals surface area (Å²) in [5.41, 5.74) is 0.419. The van der Waals surface area contributed by atoms with Crippen molar-refractivity contribution in [1.82, 2.24) is 14.9 Å². The highest BCUT2D eigenvalue weighted by Gasteiger charge is 2.30. The monoisotopic (exact) mass is 293 g/mol. The smallest absolute Gasteiger partial charge is 0.410 e. The topological polar surface area (TPSA) is 64.5 Å². The third-order valence-electron chi connectivity index (χ3n) is 3.16. The Morgan fingerprint density at radius 1 is 1.48 bits per heavy atom. The fraction of sp³-hybridized carbons (Fsp3) is 0.667. The van der Waals surface area contributed by atoms with E-state index in [1.165, 1.54) is 0 Å². The average Bonchev–Trinajstić information content (AvgIpc) is 2.83. The maximum atomic E-state index is 12.0. The lowest BCUT2D eigenvalue weighted by Gasteiger charge is -2.24. The second-order valence-electron chi connectivity index (χ2n) is 6.37. The summed E-state index contributed by atoms with van der Waals surface area (Å²) in [4.78, 5) is 22.0. The Morgan fingerprint density at radius 3 is 2.90 bits per heavy atom. The van der Waals surface area contributed by atoms with Crippen LogP contribution in [-0.4, -0.2) is 46.3 Å². The van der Waals surface area contributed by atoms with Crippen molar-refractivity contribution in [2.75, 3.05) is 19.7 Å². The first-order chi connectivity index (χ1) is 9.83. The summed E-state index contributed by atoms with van der Waals surface area (Å²) in [6.07, 6.45) is 2.33. The highest BCUT2D eigenvalue weighted by Crippen LogP contribution is 2.20. The quantitative estimate of drug-likeness (QED) is 0.856. The van der Waals surface area contributed by atoms with Crippen molar-refractivity contribution in [3.63, 3.8) is 0 Å². The summed E-state index contributed by atoms with van der Waals surface area (Å²) >= 11 is 0. The molecule has 1 aromatic heterocycles. The summed E-state index contributed by atoms with van der Waals surface area (Å²) in [5.74, 6) is 0.293. The van der Waals surface area contributed by atoms with Gasteiger partial charge >= 0.3 is 12.1 Å². The molecule has 116 valence electrons. The van der Waals surface area contributed by atoms with Crippen LogP contribution >= 0.6 is 0 Å². The number of carbonyl (C=O) groups is 1. The number of nitrogens with zero attached hydrogens (tertiary/aromatic N) is 3. The molecule has 6 heteroatoms. The van der Waals surface area contributed by atoms with Gasteiger partial charge in [-0.2, -0.15) is 0 Å². The number of carbonyl (C=O) groups excluding carboxylic acids is 1. The Labute approximate surface area is 125 Å². The van der Waals surface area contributed by atoms with Crippen LogP contribution in [0.4, 0.5) is 4.79 Å². The molecule has 1 aliphatic rings. The van der Waals surface area contributed by atoms with Crippen LogP contribution in [0, 0.1) is 12.8 Å². The molecule has 0 aromatic carbocycles. The Hall–Kier alpha value is -1.85. The van der Waals surface area contributed by atoms with Crippen LogP contribution in [0.3, 0.4) is 0 Å². The third-order valence-corrected chi connectivity index (χ3v) is 3.16. The Kier molecular flexibility index (Phi) is 4.65. The lowest BCUT2D eigenvalue weighted by Crippen LogP contribution is -2.35. The molecule has 0 N–H and O–H groups in total. The number of hydrogen-bond donors (Lipinski definition) is 0. The predicted octanol–water partition coefficient (Wildman–Crippen LogP) is 2.42. The number of aromatic nitrogens is 2. The fourth-order valence-electron chi connectivity index (χ4n) is 2.15. The van der Waals surface area contributed by atoms with E-state index in [4.69, 9.17) is 9.47 Å². The number of aryl methyl sites for hydroxylation is 1. The Morgan fingerprint density at radius 2 is 2.24 bits per heavy atom. The average molecular weight is 293 g/mol. The fourth-order valence-corrected chi connectivity index (χ4v) is 2.15. The predicted molar refractivity (Wildman–Crippen MR) is 78.2 cm³/mol. The zero-order chi connectivity index (χ0) is 15.5. The van der Waals surface area contributed by atoms with Gasteiger partial charge in [-0.3, -0.25) is 0 Å². The number of ether oxygens (including phenoxy) is 2. The van der Waals surface area contributed by atoms with E-state index in [0.717, 1.165) is 12.1 Å². The van der Waals surface area contributed by atoms with Gasteiger partial charge in [-0.15, -0.1) is 0 Å². The van der Waals surface area contributed by atoms with E-state index in [2.05, 4.69) is 9.97 Å². The minimum atomic E-state index is -0.457. The molecule has 1 aliphatic heterocycles. The number of likely N-dealkylation sites (tertiary alicyclic amines) is 1. The lowest BCUT2D eigenvalue weighted by atomic mass is 10.1. The number of amides is 1. The first-order valence-corrected chi connectivity index (χ1v) is 7.24. The van der Waals surface area contributed by atoms with E-state index >= 15 is 0 Å². The van der Waals surface area contributed by atoms with Gasteiger partial charge in [0.25, 0.3) is 0 Å². The molecule has 1 unspecified atom stereocenters. The molecule has 1 fully saturated rings. The van der Waals surface area contributed by atoms with Crippen molar-refractivity contribution in [3.8, 4) is 6.01 Å². The molecule has 0 radical (unpaired) electrons. The molecular formula is C15H23N3O3. The third kappa shape index (κ3) is 4.88. The van der Waals surface area contributed by atoms with Gasteiger partial charge in [-0.05, 0) is 40.2 Å². The van der Waals surface area contributed by atoms with E-state index in [0.29, 0.717) is 31.6 Å². The normalized spacial score (nSPS) is 18.7. The van der Waals surface area contributed by atoms with E-state index < -0.39 is 5.60 Å². The van der Waals surface area contributed by atoms with Gasteiger partial charge in [0.1, 0.15) is 5.60 Å². The molecule has 0 aliphatic carbocycles. The Bertz CT molecular complexity index is 499. The maximum Gasteiger partial charge on any atom is 0.410 e. The summed E-state index contributed by atoms with van der Waals surface area (Å²) < 4.78 is 11.0. The van der Waals surface area contributed by atoms with Crippen LogP contribution in [0.1, 0.15) is 32.9 Å². The first kappa shape index (κ1) is 15.5. The van der Waals surface area contributed by atoms with Gasteiger partial charge in [0.05, 0.1) is 6.61 Å². The zero-order valence-electron chi connectivity index (χ0n) is 13.1. The van der Waals surface area contributed by atoms with Gasteiger partial charge in [-0.25, -0.2) is 14.8 Å². The van der Waals surface area contributed by atoms with Crippen LogP contribution < -0.4 is 4.74 Å². The van der Waals surface area contributed by atoms with Gasteiger partial charge < -0.3 is 14.4 Å². The van der Waals surface area contributed by atoms with Crippen molar-refractivity contribution in [2.45, 2.75) is 39.7 Å². The van der Waals surface area contributed by atoms with Crippen LogP contribution in [0.2, 0.25) is 0 Å². The largest absolute Gasteiger partial charge is 0.463 e. The SMILES string of the molecule is Cc1ccnc(OCC2CCN(C(=O)OC(C)(C)C)C2)n1. The molecule has 1 atom stereocenters. The van der Waals surface area contributed by atoms with E-state index in [-0.39, 0.29) is 6.09 Å². The van der Waals surface area contributed by atoms with Crippen LogP contribution in [0.5, 0.6) is 6.01 Å². The summed E-state index contributed by atoms with van der Waals surface area (Å²) in [6, 6.07) is 2.22. The lowest BCUT2D eigenvalue weighted by molar-refractivity contribution is 0.0284. The second-order valence-corrected chi connectivity index (χ2v) is 6.37. The summed E-state index contributed by atoms with van der Waals surface area (Å²) in [5, 5.41) is 0.